The van der Waals surface area contributed by atoms with E-state index in [1.807, 2.05) is 12.3 Å². The number of hydrogen-bond acceptors (Lipinski definition) is 2. The van der Waals surface area contributed by atoms with E-state index in [4.69, 9.17) is 4.98 Å². The van der Waals surface area contributed by atoms with Gasteiger partial charge in [0.1, 0.15) is 6.33 Å². The van der Waals surface area contributed by atoms with Gasteiger partial charge >= 0.3 is 0 Å². The Morgan fingerprint density at radius 1 is 0.431 bits per heavy atom. The molecule has 2 aliphatic rings. The third-order valence-electron chi connectivity index (χ3n) is 11.3. The molecule has 4 nitrogen and oxygen atoms in total. The van der Waals surface area contributed by atoms with Crippen LogP contribution >= 0.6 is 0 Å². The van der Waals surface area contributed by atoms with E-state index in [2.05, 4.69) is 160 Å². The summed E-state index contributed by atoms with van der Waals surface area (Å²) in [5.74, 6) is 0. The highest BCUT2D eigenvalue weighted by Gasteiger charge is 2.41. The van der Waals surface area contributed by atoms with Crippen LogP contribution in [-0.4, -0.2) is 25.8 Å². The lowest BCUT2D eigenvalue weighted by atomic mass is 9.34. The van der Waals surface area contributed by atoms with Crippen LogP contribution in [0.1, 0.15) is 0 Å². The maximum absolute atomic E-state index is 4.76. The molecular weight excluding hydrogens is 619 g/mol. The quantitative estimate of drug-likeness (QED) is 0.180. The van der Waals surface area contributed by atoms with E-state index < -0.39 is 0 Å². The van der Waals surface area contributed by atoms with Crippen LogP contribution in [0.5, 0.6) is 0 Å². The van der Waals surface area contributed by atoms with Gasteiger partial charge in [-0.25, -0.2) is 9.97 Å². The SMILES string of the molecule is c1ccc(-c2ccc3c(c2)c2cccc4c2n3-c2cc(-c3ccncn3)cc3c2B4c2cccc4c5cc(-c6ccccc6)ccc5n-3c24)cc1. The Bertz CT molecular complexity index is 2880. The van der Waals surface area contributed by atoms with Gasteiger partial charge in [0.2, 0.25) is 0 Å². The number of fused-ring (bicyclic) bond motifs is 10. The van der Waals surface area contributed by atoms with Crippen LogP contribution in [0.4, 0.5) is 0 Å². The minimum Gasteiger partial charge on any atom is -0.310 e. The van der Waals surface area contributed by atoms with Crippen molar-refractivity contribution in [2.24, 2.45) is 0 Å². The van der Waals surface area contributed by atoms with Crippen molar-refractivity contribution >= 4 is 66.7 Å². The molecular formula is C46H27BN4. The molecule has 0 saturated carbocycles. The topological polar surface area (TPSA) is 35.6 Å². The molecule has 0 radical (unpaired) electrons. The zero-order valence-corrected chi connectivity index (χ0v) is 27.5. The van der Waals surface area contributed by atoms with Crippen molar-refractivity contribution in [3.05, 3.63) is 164 Å². The van der Waals surface area contributed by atoms with Crippen LogP contribution in [0.25, 0.3) is 88.5 Å². The predicted octanol–water partition coefficient (Wildman–Crippen LogP) is 8.81. The molecule has 0 amide bonds. The summed E-state index contributed by atoms with van der Waals surface area (Å²) in [5, 5.41) is 5.10. The summed E-state index contributed by atoms with van der Waals surface area (Å²) in [7, 11) is 0. The summed E-state index contributed by atoms with van der Waals surface area (Å²) < 4.78 is 5.05. The Morgan fingerprint density at radius 3 is 1.49 bits per heavy atom. The number of nitrogens with zero attached hydrogens (tertiary/aromatic N) is 4. The van der Waals surface area contributed by atoms with Crippen molar-refractivity contribution in [1.29, 1.82) is 0 Å². The lowest BCUT2D eigenvalue weighted by Gasteiger charge is -2.34. The number of benzene rings is 7. The molecule has 234 valence electrons. The van der Waals surface area contributed by atoms with Gasteiger partial charge in [0.05, 0.1) is 16.7 Å². The number of aromatic nitrogens is 4. The molecule has 5 heterocycles. The highest BCUT2D eigenvalue weighted by Crippen LogP contribution is 2.41. The van der Waals surface area contributed by atoms with E-state index in [0.717, 1.165) is 11.3 Å². The Morgan fingerprint density at radius 2 is 0.980 bits per heavy atom. The lowest BCUT2D eigenvalue weighted by Crippen LogP contribution is -2.59. The summed E-state index contributed by atoms with van der Waals surface area (Å²) >= 11 is 0. The summed E-state index contributed by atoms with van der Waals surface area (Å²) in [6.07, 6.45) is 3.49. The Labute approximate surface area is 294 Å². The van der Waals surface area contributed by atoms with Gasteiger partial charge < -0.3 is 9.13 Å². The summed E-state index contributed by atoms with van der Waals surface area (Å²) in [5.41, 5.74) is 18.4. The molecule has 10 aromatic rings. The molecule has 5 heteroatoms. The second-order valence-corrected chi connectivity index (χ2v) is 13.8. The molecule has 7 aromatic carbocycles. The fraction of sp³-hybridized carbons (Fsp3) is 0. The van der Waals surface area contributed by atoms with Crippen LogP contribution in [0.15, 0.2) is 164 Å². The monoisotopic (exact) mass is 646 g/mol. The van der Waals surface area contributed by atoms with Gasteiger partial charge in [-0.05, 0) is 81.1 Å². The third kappa shape index (κ3) is 3.59. The van der Waals surface area contributed by atoms with E-state index in [1.165, 1.54) is 93.6 Å². The Hall–Kier alpha value is -6.72. The van der Waals surface area contributed by atoms with Gasteiger partial charge in [0, 0.05) is 55.7 Å². The summed E-state index contributed by atoms with van der Waals surface area (Å²) in [4.78, 5) is 9.01. The average Bonchev–Trinajstić information content (AvgIpc) is 3.72. The van der Waals surface area contributed by atoms with Gasteiger partial charge in [-0.1, -0.05) is 109 Å². The molecule has 0 saturated heterocycles. The van der Waals surface area contributed by atoms with Crippen molar-refractivity contribution in [1.82, 2.24) is 19.1 Å². The van der Waals surface area contributed by atoms with Crippen LogP contribution in [0.3, 0.4) is 0 Å². The molecule has 2 aliphatic heterocycles. The first-order chi connectivity index (χ1) is 25.3. The molecule has 0 bridgehead atoms. The maximum atomic E-state index is 4.76. The van der Waals surface area contributed by atoms with E-state index in [0.29, 0.717) is 0 Å². The molecule has 0 fully saturated rings. The van der Waals surface area contributed by atoms with Gasteiger partial charge in [0.15, 0.2) is 0 Å². The van der Waals surface area contributed by atoms with Crippen molar-refractivity contribution < 1.29 is 0 Å². The number of hydrogen-bond donors (Lipinski definition) is 0. The van der Waals surface area contributed by atoms with Gasteiger partial charge in [-0.3, -0.25) is 0 Å². The zero-order valence-electron chi connectivity index (χ0n) is 27.5. The van der Waals surface area contributed by atoms with E-state index in [-0.39, 0.29) is 6.71 Å². The molecule has 0 atom stereocenters. The molecule has 3 aromatic heterocycles. The minimum atomic E-state index is 0.0812. The fourth-order valence-electron chi connectivity index (χ4n) is 9.15. The molecule has 12 rings (SSSR count). The standard InChI is InChI=1S/C46H27BN4/c1-3-9-28(10-4-1)30-17-19-40-35(23-30)33-13-7-15-37-45(33)50(40)42-25-32(39-21-22-48-27-49-39)26-43-44(42)47(37)38-16-8-14-34-36-24-31(29-11-5-2-6-12-29)18-20-41(36)51(43)46(34)38/h1-27H. The minimum absolute atomic E-state index is 0.0812. The molecule has 0 aliphatic carbocycles. The van der Waals surface area contributed by atoms with E-state index >= 15 is 0 Å². The maximum Gasteiger partial charge on any atom is 0.252 e. The van der Waals surface area contributed by atoms with Gasteiger partial charge in [-0.15, -0.1) is 0 Å². The Kier molecular flexibility index (Phi) is 5.29. The second kappa shape index (κ2) is 9.93. The van der Waals surface area contributed by atoms with E-state index in [1.54, 1.807) is 6.33 Å². The smallest absolute Gasteiger partial charge is 0.252 e. The van der Waals surface area contributed by atoms with Gasteiger partial charge in [0.25, 0.3) is 6.71 Å². The molecule has 0 N–H and O–H groups in total. The highest BCUT2D eigenvalue weighted by molar-refractivity contribution is 7.00. The first kappa shape index (κ1) is 27.1. The summed E-state index contributed by atoms with van der Waals surface area (Å²) in [6, 6.07) is 55.9. The predicted molar refractivity (Wildman–Crippen MR) is 212 cm³/mol. The van der Waals surface area contributed by atoms with Gasteiger partial charge in [-0.2, -0.15) is 0 Å². The summed E-state index contributed by atoms with van der Waals surface area (Å²) in [6.45, 7) is 0.0812. The largest absolute Gasteiger partial charge is 0.310 e. The van der Waals surface area contributed by atoms with Crippen LogP contribution in [-0.2, 0) is 0 Å². The fourth-order valence-corrected chi connectivity index (χ4v) is 9.15. The normalized spacial score (nSPS) is 12.7. The van der Waals surface area contributed by atoms with Crippen LogP contribution < -0.4 is 16.4 Å². The van der Waals surface area contributed by atoms with Crippen molar-refractivity contribution in [2.75, 3.05) is 0 Å². The molecule has 51 heavy (non-hydrogen) atoms. The zero-order chi connectivity index (χ0) is 33.2. The first-order valence-corrected chi connectivity index (χ1v) is 17.5. The molecule has 0 unspecified atom stereocenters. The van der Waals surface area contributed by atoms with Crippen LogP contribution in [0, 0.1) is 0 Å². The van der Waals surface area contributed by atoms with Crippen molar-refractivity contribution in [3.63, 3.8) is 0 Å². The first-order valence-electron chi connectivity index (χ1n) is 17.5. The molecule has 0 spiro atoms. The van der Waals surface area contributed by atoms with Crippen LogP contribution in [0.2, 0.25) is 0 Å². The number of rotatable bonds is 3. The third-order valence-corrected chi connectivity index (χ3v) is 11.3. The highest BCUT2D eigenvalue weighted by atomic mass is 15.0. The number of para-hydroxylation sites is 2. The van der Waals surface area contributed by atoms with Crippen molar-refractivity contribution in [2.45, 2.75) is 0 Å². The Balaban J connectivity index is 1.23. The van der Waals surface area contributed by atoms with E-state index in [9.17, 15) is 0 Å². The average molecular weight is 647 g/mol. The van der Waals surface area contributed by atoms with Crippen molar-refractivity contribution in [3.8, 4) is 44.9 Å². The lowest BCUT2D eigenvalue weighted by molar-refractivity contribution is 1.13. The second-order valence-electron chi connectivity index (χ2n) is 13.8.